The molecule has 0 aromatic carbocycles. The molecule has 0 saturated carbocycles. The molecule has 0 bridgehead atoms. The quantitative estimate of drug-likeness (QED) is 0.532. The van der Waals surface area contributed by atoms with E-state index in [1.807, 2.05) is 11.7 Å². The van der Waals surface area contributed by atoms with Gasteiger partial charge in [0.05, 0.1) is 11.5 Å². The van der Waals surface area contributed by atoms with Crippen molar-refractivity contribution in [3.63, 3.8) is 0 Å². The van der Waals surface area contributed by atoms with Gasteiger partial charge < -0.3 is 0 Å². The third kappa shape index (κ3) is 1.10. The lowest BCUT2D eigenvalue weighted by atomic mass is 10.4. The fourth-order valence-corrected chi connectivity index (χ4v) is 0.949. The van der Waals surface area contributed by atoms with Gasteiger partial charge in [-0.3, -0.25) is 4.68 Å². The Morgan fingerprint density at radius 3 is 2.90 bits per heavy atom. The minimum absolute atomic E-state index is 1.00. The smallest absolute Gasteiger partial charge is 0.0633 e. The standard InChI is InChI=1S/C8H12N2/c1-4-5-8-7(2)6-9-10(8)3/h5-6H,2,4H2,1,3H3/b8-5+. The summed E-state index contributed by atoms with van der Waals surface area (Å²) in [5.41, 5.74) is 0. The molecule has 0 radical (unpaired) electrons. The number of hydrogen-bond donors (Lipinski definition) is 0. The minimum Gasteiger partial charge on any atom is -0.268 e. The second-order valence-corrected chi connectivity index (χ2v) is 2.29. The SMILES string of the molecule is C=c1cnn(C)/c1=C/CC. The Hall–Kier alpha value is -1.05. The molecular weight excluding hydrogens is 124 g/mol. The maximum Gasteiger partial charge on any atom is 0.0633 e. The second kappa shape index (κ2) is 2.69. The highest BCUT2D eigenvalue weighted by Crippen LogP contribution is 1.72. The Labute approximate surface area is 60.5 Å². The van der Waals surface area contributed by atoms with E-state index < -0.39 is 0 Å². The van der Waals surface area contributed by atoms with Gasteiger partial charge in [0.2, 0.25) is 0 Å². The van der Waals surface area contributed by atoms with Gasteiger partial charge in [-0.2, -0.15) is 5.10 Å². The molecule has 54 valence electrons. The van der Waals surface area contributed by atoms with E-state index in [2.05, 4.69) is 24.7 Å². The minimum atomic E-state index is 1.00. The number of aromatic nitrogens is 2. The summed E-state index contributed by atoms with van der Waals surface area (Å²) in [5, 5.41) is 6.19. The molecule has 0 aliphatic heterocycles. The summed E-state index contributed by atoms with van der Waals surface area (Å²) in [6.45, 7) is 5.95. The molecule has 0 unspecified atom stereocenters. The Kier molecular flexibility index (Phi) is 1.90. The molecule has 2 heteroatoms. The zero-order valence-electron chi connectivity index (χ0n) is 6.46. The Morgan fingerprint density at radius 2 is 2.50 bits per heavy atom. The van der Waals surface area contributed by atoms with Crippen LogP contribution < -0.4 is 10.6 Å². The summed E-state index contributed by atoms with van der Waals surface area (Å²) in [7, 11) is 1.93. The first-order chi connectivity index (χ1) is 4.75. The van der Waals surface area contributed by atoms with Crippen molar-refractivity contribution in [1.82, 2.24) is 9.78 Å². The van der Waals surface area contributed by atoms with Crippen LogP contribution in [0.2, 0.25) is 0 Å². The van der Waals surface area contributed by atoms with Crippen LogP contribution in [0.5, 0.6) is 0 Å². The van der Waals surface area contributed by atoms with Crippen LogP contribution in [0.4, 0.5) is 0 Å². The zero-order chi connectivity index (χ0) is 7.56. The molecule has 1 rings (SSSR count). The molecule has 0 N–H and O–H groups in total. The van der Waals surface area contributed by atoms with Gasteiger partial charge >= 0.3 is 0 Å². The maximum absolute atomic E-state index is 4.06. The van der Waals surface area contributed by atoms with Crippen molar-refractivity contribution in [3.8, 4) is 0 Å². The molecule has 1 aromatic heterocycles. The van der Waals surface area contributed by atoms with E-state index in [-0.39, 0.29) is 0 Å². The van der Waals surface area contributed by atoms with E-state index in [0.29, 0.717) is 0 Å². The molecule has 10 heavy (non-hydrogen) atoms. The van der Waals surface area contributed by atoms with Gasteiger partial charge in [0.1, 0.15) is 0 Å². The van der Waals surface area contributed by atoms with Gasteiger partial charge in [0, 0.05) is 12.3 Å². The summed E-state index contributed by atoms with van der Waals surface area (Å²) < 4.78 is 1.84. The lowest BCUT2D eigenvalue weighted by Gasteiger charge is -1.86. The fraction of sp³-hybridized carbons (Fsp3) is 0.375. The molecule has 0 saturated heterocycles. The summed E-state index contributed by atoms with van der Waals surface area (Å²) in [4.78, 5) is 0. The summed E-state index contributed by atoms with van der Waals surface area (Å²) >= 11 is 0. The van der Waals surface area contributed by atoms with Crippen LogP contribution in [0.25, 0.3) is 12.7 Å². The molecule has 0 fully saturated rings. The molecule has 1 heterocycles. The van der Waals surface area contributed by atoms with Gasteiger partial charge in [0.25, 0.3) is 0 Å². The van der Waals surface area contributed by atoms with Gasteiger partial charge in [-0.25, -0.2) is 0 Å². The van der Waals surface area contributed by atoms with Crippen molar-refractivity contribution >= 4 is 12.7 Å². The van der Waals surface area contributed by atoms with Crippen LogP contribution >= 0.6 is 0 Å². The molecule has 1 aromatic rings. The van der Waals surface area contributed by atoms with E-state index in [1.165, 1.54) is 0 Å². The number of rotatable bonds is 1. The first-order valence-electron chi connectivity index (χ1n) is 3.43. The Balaban J connectivity index is 3.37. The first kappa shape index (κ1) is 7.06. The molecule has 0 spiro atoms. The summed E-state index contributed by atoms with van der Waals surface area (Å²) in [6, 6.07) is 0. The van der Waals surface area contributed by atoms with Crippen molar-refractivity contribution in [3.05, 3.63) is 16.8 Å². The summed E-state index contributed by atoms with van der Waals surface area (Å²) in [5.74, 6) is 0. The monoisotopic (exact) mass is 136 g/mol. The first-order valence-corrected chi connectivity index (χ1v) is 3.43. The number of hydrogen-bond acceptors (Lipinski definition) is 1. The highest BCUT2D eigenvalue weighted by molar-refractivity contribution is 5.20. The van der Waals surface area contributed by atoms with Crippen LogP contribution in [0.3, 0.4) is 0 Å². The highest BCUT2D eigenvalue weighted by atomic mass is 15.2. The average Bonchev–Trinajstić information content (AvgIpc) is 2.20. The van der Waals surface area contributed by atoms with Crippen molar-refractivity contribution in [2.75, 3.05) is 0 Å². The van der Waals surface area contributed by atoms with E-state index >= 15 is 0 Å². The number of aryl methyl sites for hydroxylation is 1. The van der Waals surface area contributed by atoms with Crippen molar-refractivity contribution < 1.29 is 0 Å². The van der Waals surface area contributed by atoms with Gasteiger partial charge in [-0.1, -0.05) is 19.6 Å². The number of nitrogens with zero attached hydrogens (tertiary/aromatic N) is 2. The second-order valence-electron chi connectivity index (χ2n) is 2.29. The van der Waals surface area contributed by atoms with Crippen LogP contribution in [0.15, 0.2) is 6.20 Å². The van der Waals surface area contributed by atoms with Crippen molar-refractivity contribution in [2.45, 2.75) is 13.3 Å². The maximum atomic E-state index is 4.06. The zero-order valence-corrected chi connectivity index (χ0v) is 6.46. The Bertz CT molecular complexity index is 308. The molecule has 0 atom stereocenters. The average molecular weight is 136 g/mol. The topological polar surface area (TPSA) is 17.8 Å². The van der Waals surface area contributed by atoms with Crippen LogP contribution in [0, 0.1) is 0 Å². The fourth-order valence-electron chi connectivity index (χ4n) is 0.949. The van der Waals surface area contributed by atoms with Crippen LogP contribution in [-0.2, 0) is 7.05 Å². The van der Waals surface area contributed by atoms with E-state index in [4.69, 9.17) is 0 Å². The lowest BCUT2D eigenvalue weighted by Crippen LogP contribution is -2.26. The molecule has 2 nitrogen and oxygen atoms in total. The van der Waals surface area contributed by atoms with Crippen molar-refractivity contribution in [1.29, 1.82) is 0 Å². The lowest BCUT2D eigenvalue weighted by molar-refractivity contribution is 0.741. The third-order valence-electron chi connectivity index (χ3n) is 1.46. The van der Waals surface area contributed by atoms with Gasteiger partial charge in [0.15, 0.2) is 0 Å². The Morgan fingerprint density at radius 1 is 1.80 bits per heavy atom. The van der Waals surface area contributed by atoms with Crippen molar-refractivity contribution in [2.24, 2.45) is 7.05 Å². The molecule has 0 aliphatic rings. The third-order valence-corrected chi connectivity index (χ3v) is 1.46. The summed E-state index contributed by atoms with van der Waals surface area (Å²) in [6.07, 6.45) is 4.93. The van der Waals surface area contributed by atoms with Gasteiger partial charge in [-0.15, -0.1) is 0 Å². The molecular formula is C8H12N2. The normalized spacial score (nSPS) is 12.4. The highest BCUT2D eigenvalue weighted by Gasteiger charge is 1.86. The van der Waals surface area contributed by atoms with Crippen LogP contribution in [-0.4, -0.2) is 9.78 Å². The largest absolute Gasteiger partial charge is 0.268 e. The predicted octanol–water partition coefficient (Wildman–Crippen LogP) is 0.0209. The predicted molar refractivity (Wildman–Crippen MR) is 42.7 cm³/mol. The van der Waals surface area contributed by atoms with E-state index in [1.54, 1.807) is 6.20 Å². The molecule has 0 aliphatic carbocycles. The van der Waals surface area contributed by atoms with Gasteiger partial charge in [-0.05, 0) is 6.42 Å². The van der Waals surface area contributed by atoms with Crippen LogP contribution in [0.1, 0.15) is 13.3 Å². The molecule has 0 amide bonds. The van der Waals surface area contributed by atoms with E-state index in [0.717, 1.165) is 17.0 Å². The van der Waals surface area contributed by atoms with E-state index in [9.17, 15) is 0 Å².